The van der Waals surface area contributed by atoms with Crippen LogP contribution in [0.2, 0.25) is 0 Å². The van der Waals surface area contributed by atoms with E-state index in [1.165, 1.54) is 244 Å². The lowest BCUT2D eigenvalue weighted by molar-refractivity contribution is -0.145. The molecule has 80 heavy (non-hydrogen) atoms. The molecule has 2 atom stereocenters. The molecule has 0 amide bonds. The molecule has 0 saturated heterocycles. The molecule has 0 radical (unpaired) electrons. The number of esters is 4. The van der Waals surface area contributed by atoms with E-state index >= 15 is 0 Å². The molecule has 8 nitrogen and oxygen atoms in total. The lowest BCUT2D eigenvalue weighted by Crippen LogP contribution is -2.08. The van der Waals surface area contributed by atoms with Gasteiger partial charge in [-0.05, 0) is 75.0 Å². The first-order chi connectivity index (χ1) is 38.9. The summed E-state index contributed by atoms with van der Waals surface area (Å²) in [6.45, 7) is 20.5. The number of unbranched alkanes of at least 4 members (excludes halogenated alkanes) is 36. The predicted octanol–water partition coefficient (Wildman–Crippen LogP) is 23.1. The van der Waals surface area contributed by atoms with Crippen LogP contribution in [0.1, 0.15) is 389 Å². The summed E-state index contributed by atoms with van der Waals surface area (Å²) in [5.41, 5.74) is 0. The molecule has 0 spiro atoms. The van der Waals surface area contributed by atoms with Crippen molar-refractivity contribution in [3.63, 3.8) is 0 Å². The van der Waals surface area contributed by atoms with Gasteiger partial charge in [0.15, 0.2) is 0 Å². The van der Waals surface area contributed by atoms with Crippen molar-refractivity contribution in [2.24, 2.45) is 23.7 Å². The molecule has 0 fully saturated rings. The Kier molecular flexibility index (Phi) is 66.0. The van der Waals surface area contributed by atoms with Crippen molar-refractivity contribution in [2.45, 2.75) is 389 Å². The fourth-order valence-electron chi connectivity index (χ4n) is 10.5. The Balaban J connectivity index is 0. The van der Waals surface area contributed by atoms with Crippen molar-refractivity contribution in [3.8, 4) is 0 Å². The van der Waals surface area contributed by atoms with E-state index in [1.807, 2.05) is 0 Å². The average molecular weight is 1130 g/mol. The van der Waals surface area contributed by atoms with Crippen LogP contribution in [0.15, 0.2) is 0 Å². The first-order valence-corrected chi connectivity index (χ1v) is 35.5. The highest BCUT2D eigenvalue weighted by molar-refractivity contribution is 5.70. The van der Waals surface area contributed by atoms with Crippen LogP contribution in [-0.4, -0.2) is 50.3 Å². The van der Waals surface area contributed by atoms with Crippen molar-refractivity contribution in [3.05, 3.63) is 0 Å². The summed E-state index contributed by atoms with van der Waals surface area (Å²) >= 11 is 0. The molecular formula is C72H140O8. The van der Waals surface area contributed by atoms with Crippen molar-refractivity contribution in [1.29, 1.82) is 0 Å². The van der Waals surface area contributed by atoms with Gasteiger partial charge in [-0.2, -0.15) is 0 Å². The second-order valence-electron chi connectivity index (χ2n) is 25.8. The minimum atomic E-state index is -0.00557. The quantitative estimate of drug-likeness (QED) is 0.0337. The third kappa shape index (κ3) is 70.1. The maximum absolute atomic E-state index is 11.9. The van der Waals surface area contributed by atoms with Gasteiger partial charge in [0.2, 0.25) is 0 Å². The Hall–Kier alpha value is -2.12. The van der Waals surface area contributed by atoms with E-state index in [0.717, 1.165) is 76.0 Å². The smallest absolute Gasteiger partial charge is 0.305 e. The van der Waals surface area contributed by atoms with Gasteiger partial charge < -0.3 is 18.9 Å². The molecule has 2 unspecified atom stereocenters. The van der Waals surface area contributed by atoms with Gasteiger partial charge in [-0.3, -0.25) is 19.2 Å². The van der Waals surface area contributed by atoms with Gasteiger partial charge in [0, 0.05) is 25.7 Å². The second-order valence-corrected chi connectivity index (χ2v) is 25.8. The molecule has 0 heterocycles. The first-order valence-electron chi connectivity index (χ1n) is 35.5. The summed E-state index contributed by atoms with van der Waals surface area (Å²) in [6, 6.07) is 0. The van der Waals surface area contributed by atoms with E-state index < -0.39 is 0 Å². The minimum absolute atomic E-state index is 0.000746. The predicted molar refractivity (Wildman–Crippen MR) is 343 cm³/mol. The largest absolute Gasteiger partial charge is 0.466 e. The number of carbonyl (C=O) groups excluding carboxylic acids is 4. The normalized spacial score (nSPS) is 12.1. The van der Waals surface area contributed by atoms with Crippen LogP contribution in [-0.2, 0) is 38.1 Å². The number of hydrogen-bond donors (Lipinski definition) is 0. The van der Waals surface area contributed by atoms with E-state index in [0.29, 0.717) is 63.9 Å². The van der Waals surface area contributed by atoms with E-state index in [1.54, 1.807) is 0 Å². The van der Waals surface area contributed by atoms with Gasteiger partial charge in [0.25, 0.3) is 0 Å². The van der Waals surface area contributed by atoms with Crippen molar-refractivity contribution in [2.75, 3.05) is 26.4 Å². The number of carbonyl (C=O) groups is 4. The highest BCUT2D eigenvalue weighted by Crippen LogP contribution is 2.21. The molecule has 0 aromatic heterocycles. The monoisotopic (exact) mass is 1130 g/mol. The third-order valence-electron chi connectivity index (χ3n) is 16.2. The van der Waals surface area contributed by atoms with E-state index in [-0.39, 0.29) is 23.9 Å². The Morgan fingerprint density at radius 1 is 0.225 bits per heavy atom. The molecule has 0 rings (SSSR count). The Morgan fingerprint density at radius 2 is 0.425 bits per heavy atom. The number of hydrogen-bond acceptors (Lipinski definition) is 8. The summed E-state index contributed by atoms with van der Waals surface area (Å²) in [4.78, 5) is 47.5. The number of ether oxygens (including phenoxy) is 4. The topological polar surface area (TPSA) is 105 Å². The second kappa shape index (κ2) is 66.0. The fourth-order valence-corrected chi connectivity index (χ4v) is 10.5. The van der Waals surface area contributed by atoms with E-state index in [2.05, 4.69) is 55.4 Å². The first kappa shape index (κ1) is 79.9. The van der Waals surface area contributed by atoms with Crippen LogP contribution < -0.4 is 0 Å². The molecule has 0 saturated carbocycles. The zero-order valence-electron chi connectivity index (χ0n) is 55.2. The zero-order valence-corrected chi connectivity index (χ0v) is 55.2. The molecule has 0 aromatic rings. The standard InChI is InChI=1S/2C36H70O4/c1-32(2)24-18-16-22-30-39-35(37)27-21-15-13-11-9-7-6-8-10-12-14-20-26-34(5)28-29-36(38)40-31-23-17-19-25-33(3)4;1-4-6-8-10-22-26-32-39-35(37)29-25-21-19-17-15-13-12-14-16-18-20-24-28-34(3)30-31-36(38)40-33-27-23-11-9-7-5-2/h32-34H,6-31H2,1-5H3;34H,4-33H2,1-3H3. The van der Waals surface area contributed by atoms with E-state index in [9.17, 15) is 19.2 Å². The Labute approximate surface area is 499 Å². The highest BCUT2D eigenvalue weighted by atomic mass is 16.5. The highest BCUT2D eigenvalue weighted by Gasteiger charge is 2.11. The van der Waals surface area contributed by atoms with Gasteiger partial charge in [0.05, 0.1) is 26.4 Å². The molecule has 0 aliphatic rings. The summed E-state index contributed by atoms with van der Waals surface area (Å²) < 4.78 is 21.5. The van der Waals surface area contributed by atoms with Crippen LogP contribution in [0, 0.1) is 23.7 Å². The van der Waals surface area contributed by atoms with Crippen LogP contribution in [0.4, 0.5) is 0 Å². The van der Waals surface area contributed by atoms with Crippen molar-refractivity contribution in [1.82, 2.24) is 0 Å². The lowest BCUT2D eigenvalue weighted by atomic mass is 9.97. The van der Waals surface area contributed by atoms with Crippen molar-refractivity contribution < 1.29 is 38.1 Å². The lowest BCUT2D eigenvalue weighted by Gasteiger charge is -2.11. The molecule has 0 aromatic carbocycles. The van der Waals surface area contributed by atoms with Crippen LogP contribution in [0.3, 0.4) is 0 Å². The molecular weight excluding hydrogens is 993 g/mol. The summed E-state index contributed by atoms with van der Waals surface area (Å²) in [7, 11) is 0. The average Bonchev–Trinajstić information content (AvgIpc) is 3.43. The van der Waals surface area contributed by atoms with Crippen LogP contribution >= 0.6 is 0 Å². The Bertz CT molecular complexity index is 1280. The van der Waals surface area contributed by atoms with Gasteiger partial charge >= 0.3 is 23.9 Å². The maximum atomic E-state index is 11.9. The molecule has 0 bridgehead atoms. The van der Waals surface area contributed by atoms with Crippen LogP contribution in [0.5, 0.6) is 0 Å². The molecule has 0 N–H and O–H groups in total. The summed E-state index contributed by atoms with van der Waals surface area (Å²) in [5, 5.41) is 0. The molecule has 476 valence electrons. The van der Waals surface area contributed by atoms with Crippen LogP contribution in [0.25, 0.3) is 0 Å². The van der Waals surface area contributed by atoms with Gasteiger partial charge in [-0.25, -0.2) is 0 Å². The fraction of sp³-hybridized carbons (Fsp3) is 0.944. The number of rotatable bonds is 62. The van der Waals surface area contributed by atoms with E-state index in [4.69, 9.17) is 18.9 Å². The minimum Gasteiger partial charge on any atom is -0.466 e. The molecule has 0 aliphatic carbocycles. The maximum Gasteiger partial charge on any atom is 0.305 e. The summed E-state index contributed by atoms with van der Waals surface area (Å²) in [6.07, 6.45) is 61.8. The third-order valence-corrected chi connectivity index (χ3v) is 16.2. The zero-order chi connectivity index (χ0) is 59.0. The van der Waals surface area contributed by atoms with Gasteiger partial charge in [0.1, 0.15) is 0 Å². The van der Waals surface area contributed by atoms with Crippen molar-refractivity contribution >= 4 is 23.9 Å². The molecule has 8 heteroatoms. The van der Waals surface area contributed by atoms with Gasteiger partial charge in [-0.15, -0.1) is 0 Å². The Morgan fingerprint density at radius 3 is 0.688 bits per heavy atom. The molecule has 0 aliphatic heterocycles. The summed E-state index contributed by atoms with van der Waals surface area (Å²) in [5.74, 6) is 2.77. The van der Waals surface area contributed by atoms with Gasteiger partial charge in [-0.1, -0.05) is 312 Å². The SMILES string of the molecule is CC(C)CCCCCOC(=O)CCCCCCCCCCCCCCC(C)CCC(=O)OCCCCCC(C)C.CCCCCCCCOC(=O)CCCCCCCCCCCCCCC(C)CCC(=O)OCCCCCCCC.